The van der Waals surface area contributed by atoms with Crippen LogP contribution in [-0.2, 0) is 4.74 Å². The van der Waals surface area contributed by atoms with Crippen LogP contribution in [0.2, 0.25) is 0 Å². The van der Waals surface area contributed by atoms with Gasteiger partial charge < -0.3 is 4.74 Å². The zero-order chi connectivity index (χ0) is 8.32. The van der Waals surface area contributed by atoms with Gasteiger partial charge in [-0.2, -0.15) is 0 Å². The minimum Gasteiger partial charge on any atom is -0.472 e. The van der Waals surface area contributed by atoms with Crippen LogP contribution in [-0.4, -0.2) is 9.98 Å². The van der Waals surface area contributed by atoms with E-state index in [-0.39, 0.29) is 5.60 Å². The Labute approximate surface area is 78.9 Å². The third-order valence-electron chi connectivity index (χ3n) is 2.24. The highest BCUT2D eigenvalue weighted by Crippen LogP contribution is 2.31. The Balaban J connectivity index is 2.43. The van der Waals surface area contributed by atoms with E-state index in [0.717, 1.165) is 12.8 Å². The molecule has 0 heterocycles. The van der Waals surface area contributed by atoms with Gasteiger partial charge in [0.05, 0.1) is 0 Å². The molecule has 64 valence electrons. The van der Waals surface area contributed by atoms with Crippen LogP contribution in [0.5, 0.6) is 0 Å². The van der Waals surface area contributed by atoms with Gasteiger partial charge in [0.2, 0.25) is 4.38 Å². The van der Waals surface area contributed by atoms with E-state index in [1.165, 1.54) is 19.3 Å². The van der Waals surface area contributed by atoms with E-state index in [9.17, 15) is 0 Å². The Morgan fingerprint density at radius 1 is 1.36 bits per heavy atom. The normalized spacial score (nSPS) is 22.7. The van der Waals surface area contributed by atoms with Crippen molar-refractivity contribution in [3.05, 3.63) is 0 Å². The van der Waals surface area contributed by atoms with Gasteiger partial charge in [-0.05, 0) is 44.8 Å². The highest BCUT2D eigenvalue weighted by atomic mass is 32.1. The molecular weight excluding hydrogens is 176 g/mol. The van der Waals surface area contributed by atoms with Crippen LogP contribution in [0.3, 0.4) is 0 Å². The van der Waals surface area contributed by atoms with E-state index >= 15 is 0 Å². The van der Waals surface area contributed by atoms with Crippen LogP contribution >= 0.6 is 24.8 Å². The zero-order valence-corrected chi connectivity index (χ0v) is 8.51. The summed E-state index contributed by atoms with van der Waals surface area (Å²) >= 11 is 8.76. The third-order valence-corrected chi connectivity index (χ3v) is 2.42. The molecule has 3 heteroatoms. The number of thiol groups is 1. The Morgan fingerprint density at radius 2 is 1.91 bits per heavy atom. The molecule has 1 aliphatic carbocycles. The number of hydrogen-bond donors (Lipinski definition) is 1. The Hall–Kier alpha value is 0.240. The lowest BCUT2D eigenvalue weighted by Crippen LogP contribution is -2.32. The number of hydrogen-bond acceptors (Lipinski definition) is 2. The first-order chi connectivity index (χ1) is 5.12. The average molecular weight is 190 g/mol. The van der Waals surface area contributed by atoms with Crippen molar-refractivity contribution in [2.45, 2.75) is 44.6 Å². The summed E-state index contributed by atoms with van der Waals surface area (Å²) in [5.41, 5.74) is -0.0168. The van der Waals surface area contributed by atoms with E-state index < -0.39 is 0 Å². The van der Waals surface area contributed by atoms with Gasteiger partial charge in [-0.1, -0.05) is 19.0 Å². The van der Waals surface area contributed by atoms with Crippen molar-refractivity contribution in [2.75, 3.05) is 0 Å². The highest BCUT2D eigenvalue weighted by Gasteiger charge is 2.28. The summed E-state index contributed by atoms with van der Waals surface area (Å²) in [6.45, 7) is 2.12. The first-order valence-electron chi connectivity index (χ1n) is 4.04. The zero-order valence-electron chi connectivity index (χ0n) is 6.80. The average Bonchev–Trinajstić information content (AvgIpc) is 1.85. The summed E-state index contributed by atoms with van der Waals surface area (Å²) in [7, 11) is 0. The molecule has 0 radical (unpaired) electrons. The van der Waals surface area contributed by atoms with Crippen molar-refractivity contribution >= 4 is 29.2 Å². The highest BCUT2D eigenvalue weighted by molar-refractivity contribution is 8.10. The maximum atomic E-state index is 5.47. The SMILES string of the molecule is CC1(OC(=S)S)CCCCC1. The van der Waals surface area contributed by atoms with Gasteiger partial charge in [-0.25, -0.2) is 0 Å². The lowest BCUT2D eigenvalue weighted by molar-refractivity contribution is 0.0444. The van der Waals surface area contributed by atoms with Gasteiger partial charge in [0, 0.05) is 0 Å². The maximum Gasteiger partial charge on any atom is 0.217 e. The first kappa shape index (κ1) is 9.33. The lowest BCUT2D eigenvalue weighted by atomic mass is 9.86. The lowest BCUT2D eigenvalue weighted by Gasteiger charge is -2.33. The smallest absolute Gasteiger partial charge is 0.217 e. The van der Waals surface area contributed by atoms with E-state index in [1.54, 1.807) is 0 Å². The van der Waals surface area contributed by atoms with Crippen LogP contribution < -0.4 is 0 Å². The molecule has 0 aromatic carbocycles. The largest absolute Gasteiger partial charge is 0.472 e. The van der Waals surface area contributed by atoms with Gasteiger partial charge in [-0.15, -0.1) is 0 Å². The van der Waals surface area contributed by atoms with E-state index in [4.69, 9.17) is 17.0 Å². The minimum absolute atomic E-state index is 0.0168. The Bertz CT molecular complexity index is 150. The molecule has 0 bridgehead atoms. The fourth-order valence-electron chi connectivity index (χ4n) is 1.61. The van der Waals surface area contributed by atoms with Gasteiger partial charge in [-0.3, -0.25) is 0 Å². The van der Waals surface area contributed by atoms with Crippen molar-refractivity contribution in [1.82, 2.24) is 0 Å². The second-order valence-corrected chi connectivity index (χ2v) is 4.46. The van der Waals surface area contributed by atoms with Crippen LogP contribution in [0.25, 0.3) is 0 Å². The van der Waals surface area contributed by atoms with Gasteiger partial charge in [0.15, 0.2) is 0 Å². The maximum absolute atomic E-state index is 5.47. The molecule has 11 heavy (non-hydrogen) atoms. The van der Waals surface area contributed by atoms with Crippen molar-refractivity contribution in [3.8, 4) is 0 Å². The number of thiocarbonyl (C=S) groups is 1. The molecule has 0 aromatic heterocycles. The van der Waals surface area contributed by atoms with E-state index in [2.05, 4.69) is 19.6 Å². The van der Waals surface area contributed by atoms with Crippen molar-refractivity contribution in [2.24, 2.45) is 0 Å². The molecule has 1 aliphatic rings. The Kier molecular flexibility index (Phi) is 3.19. The quantitative estimate of drug-likeness (QED) is 0.503. The van der Waals surface area contributed by atoms with Gasteiger partial charge in [0.25, 0.3) is 0 Å². The summed E-state index contributed by atoms with van der Waals surface area (Å²) in [5.74, 6) is 0. The molecule has 0 spiro atoms. The van der Waals surface area contributed by atoms with Crippen LogP contribution in [0.1, 0.15) is 39.0 Å². The standard InChI is InChI=1S/C8H14OS2/c1-8(9-7(10)11)5-3-2-4-6-8/h2-6H2,1H3,(H,10,11). The first-order valence-corrected chi connectivity index (χ1v) is 4.90. The molecule has 0 N–H and O–H groups in total. The second kappa shape index (κ2) is 3.76. The van der Waals surface area contributed by atoms with Crippen molar-refractivity contribution in [1.29, 1.82) is 0 Å². The number of ether oxygens (including phenoxy) is 1. The predicted octanol–water partition coefficient (Wildman–Crippen LogP) is 2.94. The van der Waals surface area contributed by atoms with Crippen molar-refractivity contribution in [3.63, 3.8) is 0 Å². The molecule has 1 fully saturated rings. The summed E-state index contributed by atoms with van der Waals surface area (Å²) in [4.78, 5) is 0. The van der Waals surface area contributed by atoms with Crippen molar-refractivity contribution < 1.29 is 4.74 Å². The molecule has 0 atom stereocenters. The van der Waals surface area contributed by atoms with Gasteiger partial charge >= 0.3 is 0 Å². The summed E-state index contributed by atoms with van der Waals surface area (Å²) in [5, 5.41) is 0. The molecule has 0 saturated heterocycles. The predicted molar refractivity (Wildman–Crippen MR) is 54.2 cm³/mol. The molecule has 0 aliphatic heterocycles. The molecule has 1 rings (SSSR count). The molecule has 0 aromatic rings. The van der Waals surface area contributed by atoms with Crippen LogP contribution in [0, 0.1) is 0 Å². The van der Waals surface area contributed by atoms with Crippen LogP contribution in [0.4, 0.5) is 0 Å². The summed E-state index contributed by atoms with van der Waals surface area (Å²) in [6, 6.07) is 0. The second-order valence-electron chi connectivity index (χ2n) is 3.38. The fraction of sp³-hybridized carbons (Fsp3) is 0.875. The Morgan fingerprint density at radius 3 is 2.36 bits per heavy atom. The molecule has 1 saturated carbocycles. The molecule has 1 nitrogen and oxygen atoms in total. The van der Waals surface area contributed by atoms with Gasteiger partial charge in [0.1, 0.15) is 5.60 Å². The molecule has 0 unspecified atom stereocenters. The molecule has 0 amide bonds. The third kappa shape index (κ3) is 2.99. The van der Waals surface area contributed by atoms with Crippen LogP contribution in [0.15, 0.2) is 0 Å². The summed E-state index contributed by atoms with van der Waals surface area (Å²) in [6.07, 6.45) is 6.08. The molecular formula is C8H14OS2. The number of rotatable bonds is 1. The summed E-state index contributed by atoms with van der Waals surface area (Å²) < 4.78 is 5.86. The van der Waals surface area contributed by atoms with E-state index in [1.807, 2.05) is 0 Å². The monoisotopic (exact) mass is 190 g/mol. The van der Waals surface area contributed by atoms with E-state index in [0.29, 0.717) is 4.38 Å². The topological polar surface area (TPSA) is 9.23 Å². The minimum atomic E-state index is -0.0168. The fourth-order valence-corrected chi connectivity index (χ4v) is 2.03.